The third-order valence-corrected chi connectivity index (χ3v) is 6.20. The molecule has 28 heavy (non-hydrogen) atoms. The summed E-state index contributed by atoms with van der Waals surface area (Å²) in [6.07, 6.45) is 0.219. The highest BCUT2D eigenvalue weighted by atomic mass is 32.2. The molecule has 2 aromatic rings. The zero-order valence-corrected chi connectivity index (χ0v) is 16.5. The average molecular weight is 411 g/mol. The first-order valence-electron chi connectivity index (χ1n) is 9.02. The van der Waals surface area contributed by atoms with Crippen LogP contribution >= 0.6 is 0 Å². The molecule has 0 radical (unpaired) electrons. The number of nitrogens with one attached hydrogen (secondary N) is 1. The largest absolute Gasteiger partial charge is 0.309 e. The van der Waals surface area contributed by atoms with Gasteiger partial charge in [-0.3, -0.25) is 9.48 Å². The Morgan fingerprint density at radius 3 is 2.32 bits per heavy atom. The van der Waals surface area contributed by atoms with E-state index < -0.39 is 28.1 Å². The lowest BCUT2D eigenvalue weighted by Crippen LogP contribution is -2.23. The van der Waals surface area contributed by atoms with Crippen molar-refractivity contribution < 1.29 is 22.0 Å². The fourth-order valence-electron chi connectivity index (χ4n) is 3.59. The Bertz CT molecular complexity index is 934. The molecule has 6 nitrogen and oxygen atoms in total. The second kappa shape index (κ2) is 7.98. The van der Waals surface area contributed by atoms with Gasteiger partial charge >= 0.3 is 0 Å². The number of carbonyl (C=O) groups is 1. The molecule has 3 rings (SSSR count). The first kappa shape index (κ1) is 20.4. The smallest absolute Gasteiger partial charge is 0.233 e. The Morgan fingerprint density at radius 1 is 1.21 bits per heavy atom. The van der Waals surface area contributed by atoms with E-state index in [1.807, 2.05) is 0 Å². The number of hydrogen-bond donors (Lipinski definition) is 1. The lowest BCUT2D eigenvalue weighted by Gasteiger charge is -2.20. The van der Waals surface area contributed by atoms with Crippen molar-refractivity contribution in [3.8, 4) is 0 Å². The molecule has 1 aromatic carbocycles. The van der Waals surface area contributed by atoms with E-state index in [0.29, 0.717) is 11.4 Å². The van der Waals surface area contributed by atoms with Gasteiger partial charge in [-0.2, -0.15) is 5.10 Å². The van der Waals surface area contributed by atoms with Gasteiger partial charge in [-0.15, -0.1) is 0 Å². The molecule has 0 spiro atoms. The number of amides is 1. The standard InChI is InChI=1S/C19H23F2N3O3S/c1-24-8-7-18(23-24)22-19(25)15(9-12-10-16(20)17(21)11-12)13-3-5-14(6-4-13)28(2,26)27/h3-8,12,15-17H,9-11H2,1-2H3,(H,22,23,25). The number of alkyl halides is 2. The Hall–Kier alpha value is -2.29. The number of sulfone groups is 1. The van der Waals surface area contributed by atoms with E-state index in [0.717, 1.165) is 6.26 Å². The summed E-state index contributed by atoms with van der Waals surface area (Å²) in [7, 11) is -1.64. The van der Waals surface area contributed by atoms with Gasteiger partial charge in [0.15, 0.2) is 15.7 Å². The second-order valence-electron chi connectivity index (χ2n) is 7.36. The first-order chi connectivity index (χ1) is 13.1. The lowest BCUT2D eigenvalue weighted by atomic mass is 9.87. The summed E-state index contributed by atoms with van der Waals surface area (Å²) in [5, 5.41) is 6.84. The molecule has 3 unspecified atom stereocenters. The van der Waals surface area contributed by atoms with E-state index in [9.17, 15) is 22.0 Å². The van der Waals surface area contributed by atoms with E-state index >= 15 is 0 Å². The SMILES string of the molecule is Cn1ccc(NC(=O)C(CC2CC(F)C(F)C2)c2ccc(S(C)(=O)=O)cc2)n1. The van der Waals surface area contributed by atoms with Crippen LogP contribution in [0, 0.1) is 5.92 Å². The van der Waals surface area contributed by atoms with E-state index in [1.165, 1.54) is 12.1 Å². The normalized spacial score (nSPS) is 23.5. The minimum atomic E-state index is -3.36. The van der Waals surface area contributed by atoms with Crippen LogP contribution in [-0.2, 0) is 21.7 Å². The Labute approximate surface area is 162 Å². The van der Waals surface area contributed by atoms with Gasteiger partial charge in [0.1, 0.15) is 12.3 Å². The molecule has 0 aliphatic heterocycles. The fourth-order valence-corrected chi connectivity index (χ4v) is 4.22. The molecule has 0 saturated heterocycles. The van der Waals surface area contributed by atoms with Crippen LogP contribution in [0.5, 0.6) is 0 Å². The molecule has 9 heteroatoms. The molecular weight excluding hydrogens is 388 g/mol. The van der Waals surface area contributed by atoms with Gasteiger partial charge in [-0.25, -0.2) is 17.2 Å². The number of nitrogens with zero attached hydrogens (tertiary/aromatic N) is 2. The summed E-state index contributed by atoms with van der Waals surface area (Å²) in [6, 6.07) is 7.68. The lowest BCUT2D eigenvalue weighted by molar-refractivity contribution is -0.118. The molecule has 1 fully saturated rings. The average Bonchev–Trinajstić information content (AvgIpc) is 3.17. The summed E-state index contributed by atoms with van der Waals surface area (Å²) >= 11 is 0. The van der Waals surface area contributed by atoms with Gasteiger partial charge in [0.05, 0.1) is 10.8 Å². The number of carbonyl (C=O) groups excluding carboxylic acids is 1. The molecule has 1 amide bonds. The first-order valence-corrected chi connectivity index (χ1v) is 10.9. The maximum Gasteiger partial charge on any atom is 0.233 e. The number of hydrogen-bond acceptors (Lipinski definition) is 4. The predicted octanol–water partition coefficient (Wildman–Crippen LogP) is 3.02. The molecule has 0 bridgehead atoms. The van der Waals surface area contributed by atoms with Crippen LogP contribution in [0.4, 0.5) is 14.6 Å². The van der Waals surface area contributed by atoms with Crippen LogP contribution in [0.3, 0.4) is 0 Å². The molecule has 1 aliphatic rings. The summed E-state index contributed by atoms with van der Waals surface area (Å²) in [5.41, 5.74) is 0.596. The number of anilines is 1. The van der Waals surface area contributed by atoms with Gasteiger partial charge in [-0.05, 0) is 42.9 Å². The van der Waals surface area contributed by atoms with Crippen molar-refractivity contribution in [2.24, 2.45) is 13.0 Å². The van der Waals surface area contributed by atoms with Crippen molar-refractivity contribution in [3.05, 3.63) is 42.1 Å². The monoisotopic (exact) mass is 411 g/mol. The maximum atomic E-state index is 13.6. The van der Waals surface area contributed by atoms with Gasteiger partial charge < -0.3 is 5.32 Å². The summed E-state index contributed by atoms with van der Waals surface area (Å²) in [4.78, 5) is 13.0. The second-order valence-corrected chi connectivity index (χ2v) is 9.38. The highest BCUT2D eigenvalue weighted by molar-refractivity contribution is 7.90. The molecular formula is C19H23F2N3O3S. The van der Waals surface area contributed by atoms with Crippen LogP contribution in [0.2, 0.25) is 0 Å². The van der Waals surface area contributed by atoms with Crippen molar-refractivity contribution in [3.63, 3.8) is 0 Å². The summed E-state index contributed by atoms with van der Waals surface area (Å²) < 4.78 is 52.1. The molecule has 1 aromatic heterocycles. The molecule has 3 atom stereocenters. The van der Waals surface area contributed by atoms with Gasteiger partial charge in [0, 0.05) is 25.6 Å². The van der Waals surface area contributed by atoms with Crippen LogP contribution in [0.15, 0.2) is 41.4 Å². The topological polar surface area (TPSA) is 81.1 Å². The summed E-state index contributed by atoms with van der Waals surface area (Å²) in [5.74, 6) is -0.899. The third kappa shape index (κ3) is 4.76. The van der Waals surface area contributed by atoms with Gasteiger partial charge in [-0.1, -0.05) is 12.1 Å². The van der Waals surface area contributed by atoms with Crippen LogP contribution in [0.25, 0.3) is 0 Å². The quantitative estimate of drug-likeness (QED) is 0.792. The number of halogens is 2. The molecule has 1 saturated carbocycles. The molecule has 152 valence electrons. The van der Waals surface area contributed by atoms with Crippen molar-refractivity contribution in [2.75, 3.05) is 11.6 Å². The Kier molecular flexibility index (Phi) is 5.83. The van der Waals surface area contributed by atoms with E-state index in [2.05, 4.69) is 10.4 Å². The van der Waals surface area contributed by atoms with Crippen LogP contribution in [0.1, 0.15) is 30.7 Å². The number of aryl methyl sites for hydroxylation is 1. The predicted molar refractivity (Wildman–Crippen MR) is 101 cm³/mol. The van der Waals surface area contributed by atoms with Crippen molar-refractivity contribution in [1.29, 1.82) is 0 Å². The Balaban J connectivity index is 1.84. The van der Waals surface area contributed by atoms with Crippen LogP contribution < -0.4 is 5.32 Å². The van der Waals surface area contributed by atoms with Crippen molar-refractivity contribution in [2.45, 2.75) is 42.4 Å². The zero-order chi connectivity index (χ0) is 20.5. The minimum Gasteiger partial charge on any atom is -0.309 e. The van der Waals surface area contributed by atoms with E-state index in [4.69, 9.17) is 0 Å². The maximum absolute atomic E-state index is 13.6. The highest BCUT2D eigenvalue weighted by Gasteiger charge is 2.37. The van der Waals surface area contributed by atoms with Gasteiger partial charge in [0.25, 0.3) is 0 Å². The Morgan fingerprint density at radius 2 is 1.82 bits per heavy atom. The third-order valence-electron chi connectivity index (χ3n) is 5.07. The van der Waals surface area contributed by atoms with E-state index in [-0.39, 0.29) is 36.0 Å². The van der Waals surface area contributed by atoms with E-state index in [1.54, 1.807) is 36.1 Å². The zero-order valence-electron chi connectivity index (χ0n) is 15.7. The highest BCUT2D eigenvalue weighted by Crippen LogP contribution is 2.38. The molecule has 1 N–H and O–H groups in total. The van der Waals surface area contributed by atoms with Crippen LogP contribution in [-0.4, -0.2) is 42.7 Å². The molecule has 1 heterocycles. The van der Waals surface area contributed by atoms with Gasteiger partial charge in [0.2, 0.25) is 5.91 Å². The van der Waals surface area contributed by atoms with Crippen molar-refractivity contribution in [1.82, 2.24) is 9.78 Å². The fraction of sp³-hybridized carbons (Fsp3) is 0.474. The molecule has 1 aliphatic carbocycles. The van der Waals surface area contributed by atoms with Crippen molar-refractivity contribution >= 4 is 21.6 Å². The number of rotatable bonds is 6. The number of aromatic nitrogens is 2. The number of benzene rings is 1. The minimum absolute atomic E-state index is 0.0793. The summed E-state index contributed by atoms with van der Waals surface area (Å²) in [6.45, 7) is 0.